The molecule has 6 nitrogen and oxygen atoms in total. The number of nitrogens with one attached hydrogen (secondary N) is 1. The number of amides is 2. The molecule has 1 heterocycles. The fourth-order valence-corrected chi connectivity index (χ4v) is 3.43. The van der Waals surface area contributed by atoms with Crippen molar-refractivity contribution in [2.24, 2.45) is 5.92 Å². The molecule has 1 saturated carbocycles. The van der Waals surface area contributed by atoms with Crippen molar-refractivity contribution in [1.82, 2.24) is 10.2 Å². The Morgan fingerprint density at radius 3 is 2.48 bits per heavy atom. The number of piperidine rings is 1. The predicted octanol–water partition coefficient (Wildman–Crippen LogP) is 2.54. The lowest BCUT2D eigenvalue weighted by molar-refractivity contribution is -0.123. The van der Waals surface area contributed by atoms with Gasteiger partial charge in [-0.25, -0.2) is 4.79 Å². The summed E-state index contributed by atoms with van der Waals surface area (Å²) in [5.41, 5.74) is 1.19. The maximum absolute atomic E-state index is 12.5. The number of hydrogen-bond donors (Lipinski definition) is 1. The van der Waals surface area contributed by atoms with Gasteiger partial charge in [-0.05, 0) is 49.8 Å². The van der Waals surface area contributed by atoms with E-state index < -0.39 is 0 Å². The lowest BCUT2D eigenvalue weighted by Gasteiger charge is -2.31. The van der Waals surface area contributed by atoms with Gasteiger partial charge < -0.3 is 19.7 Å². The van der Waals surface area contributed by atoms with E-state index in [4.69, 9.17) is 9.47 Å². The monoisotopic (exact) mass is 346 g/mol. The first kappa shape index (κ1) is 17.6. The van der Waals surface area contributed by atoms with Gasteiger partial charge >= 0.3 is 6.09 Å². The third kappa shape index (κ3) is 4.24. The standard InChI is InChI=1S/C19H26N2O4/c1-3-25-19(23)21-10-8-14(9-11-21)20-18(22)17-12-16(17)13-4-6-15(24-2)7-5-13/h4-7,14,16-17H,3,8-12H2,1-2H3,(H,20,22). The molecular weight excluding hydrogens is 320 g/mol. The average molecular weight is 346 g/mol. The van der Waals surface area contributed by atoms with Crippen molar-refractivity contribution in [3.8, 4) is 5.75 Å². The number of rotatable bonds is 5. The highest BCUT2D eigenvalue weighted by molar-refractivity contribution is 5.83. The van der Waals surface area contributed by atoms with E-state index in [1.165, 1.54) is 5.56 Å². The lowest BCUT2D eigenvalue weighted by atomic mass is 10.0. The largest absolute Gasteiger partial charge is 0.497 e. The Labute approximate surface area is 148 Å². The van der Waals surface area contributed by atoms with E-state index in [0.29, 0.717) is 25.6 Å². The summed E-state index contributed by atoms with van der Waals surface area (Å²) in [6, 6.07) is 8.10. The lowest BCUT2D eigenvalue weighted by Crippen LogP contribution is -2.47. The maximum atomic E-state index is 12.5. The highest BCUT2D eigenvalue weighted by Crippen LogP contribution is 2.47. The quantitative estimate of drug-likeness (QED) is 0.890. The topological polar surface area (TPSA) is 67.9 Å². The first-order chi connectivity index (χ1) is 12.1. The van der Waals surface area contributed by atoms with Gasteiger partial charge in [0.05, 0.1) is 13.7 Å². The molecule has 0 radical (unpaired) electrons. The highest BCUT2D eigenvalue weighted by Gasteiger charge is 2.44. The highest BCUT2D eigenvalue weighted by atomic mass is 16.6. The summed E-state index contributed by atoms with van der Waals surface area (Å²) in [5, 5.41) is 3.15. The van der Waals surface area contributed by atoms with Crippen LogP contribution in [0.2, 0.25) is 0 Å². The fourth-order valence-electron chi connectivity index (χ4n) is 3.43. The Balaban J connectivity index is 1.44. The molecule has 1 saturated heterocycles. The first-order valence-electron chi connectivity index (χ1n) is 8.98. The van der Waals surface area contributed by atoms with Gasteiger partial charge in [0.1, 0.15) is 5.75 Å². The van der Waals surface area contributed by atoms with Gasteiger partial charge in [-0.3, -0.25) is 4.79 Å². The fraction of sp³-hybridized carbons (Fsp3) is 0.579. The number of nitrogens with zero attached hydrogens (tertiary/aromatic N) is 1. The second kappa shape index (κ2) is 7.76. The van der Waals surface area contributed by atoms with Gasteiger partial charge in [-0.15, -0.1) is 0 Å². The molecule has 0 bridgehead atoms. The van der Waals surface area contributed by atoms with Crippen molar-refractivity contribution in [1.29, 1.82) is 0 Å². The van der Waals surface area contributed by atoms with E-state index >= 15 is 0 Å². The van der Waals surface area contributed by atoms with Crippen molar-refractivity contribution in [3.05, 3.63) is 29.8 Å². The van der Waals surface area contributed by atoms with Crippen molar-refractivity contribution in [3.63, 3.8) is 0 Å². The van der Waals surface area contributed by atoms with Crippen LogP contribution in [0.25, 0.3) is 0 Å². The Bertz CT molecular complexity index is 608. The number of hydrogen-bond acceptors (Lipinski definition) is 4. The van der Waals surface area contributed by atoms with Crippen LogP contribution < -0.4 is 10.1 Å². The van der Waals surface area contributed by atoms with Crippen molar-refractivity contribution in [2.45, 2.75) is 38.1 Å². The summed E-state index contributed by atoms with van der Waals surface area (Å²) >= 11 is 0. The Hall–Kier alpha value is -2.24. The third-order valence-electron chi connectivity index (χ3n) is 5.04. The minimum absolute atomic E-state index is 0.0662. The Morgan fingerprint density at radius 1 is 1.20 bits per heavy atom. The molecule has 6 heteroatoms. The van der Waals surface area contributed by atoms with Crippen LogP contribution in [0.5, 0.6) is 5.75 Å². The second-order valence-corrected chi connectivity index (χ2v) is 6.69. The first-order valence-corrected chi connectivity index (χ1v) is 8.98. The number of likely N-dealkylation sites (tertiary alicyclic amines) is 1. The summed E-state index contributed by atoms with van der Waals surface area (Å²) in [4.78, 5) is 25.9. The molecule has 0 spiro atoms. The molecule has 2 aliphatic rings. The van der Waals surface area contributed by atoms with E-state index in [1.54, 1.807) is 18.9 Å². The summed E-state index contributed by atoms with van der Waals surface area (Å²) in [6.45, 7) is 3.47. The molecule has 0 aromatic heterocycles. The van der Waals surface area contributed by atoms with Crippen molar-refractivity contribution in [2.75, 3.05) is 26.8 Å². The van der Waals surface area contributed by atoms with E-state index in [-0.39, 0.29) is 24.0 Å². The zero-order valence-electron chi connectivity index (χ0n) is 14.9. The predicted molar refractivity (Wildman–Crippen MR) is 93.6 cm³/mol. The summed E-state index contributed by atoms with van der Waals surface area (Å²) in [7, 11) is 1.65. The van der Waals surface area contributed by atoms with E-state index in [9.17, 15) is 9.59 Å². The number of benzene rings is 1. The molecule has 2 amide bonds. The van der Waals surface area contributed by atoms with Crippen LogP contribution in [0.15, 0.2) is 24.3 Å². The van der Waals surface area contributed by atoms with E-state index in [0.717, 1.165) is 25.0 Å². The molecule has 1 aliphatic carbocycles. The minimum Gasteiger partial charge on any atom is -0.497 e. The van der Waals surface area contributed by atoms with Gasteiger partial charge in [0, 0.05) is 25.0 Å². The van der Waals surface area contributed by atoms with E-state index in [2.05, 4.69) is 5.32 Å². The molecule has 25 heavy (non-hydrogen) atoms. The molecule has 1 aliphatic heterocycles. The molecule has 3 rings (SSSR count). The van der Waals surface area contributed by atoms with Gasteiger partial charge in [0.15, 0.2) is 0 Å². The zero-order chi connectivity index (χ0) is 17.8. The van der Waals surface area contributed by atoms with Crippen LogP contribution in [-0.4, -0.2) is 49.7 Å². The van der Waals surface area contributed by atoms with Gasteiger partial charge in [-0.1, -0.05) is 12.1 Å². The number of ether oxygens (including phenoxy) is 2. The third-order valence-corrected chi connectivity index (χ3v) is 5.04. The molecular formula is C19H26N2O4. The molecule has 2 unspecified atom stereocenters. The molecule has 136 valence electrons. The molecule has 1 aromatic carbocycles. The van der Waals surface area contributed by atoms with Gasteiger partial charge in [0.25, 0.3) is 0 Å². The van der Waals surface area contributed by atoms with Crippen LogP contribution in [0.1, 0.15) is 37.7 Å². The van der Waals surface area contributed by atoms with E-state index in [1.807, 2.05) is 24.3 Å². The number of carbonyl (C=O) groups excluding carboxylic acids is 2. The number of carbonyl (C=O) groups is 2. The number of methoxy groups -OCH3 is 1. The SMILES string of the molecule is CCOC(=O)N1CCC(NC(=O)C2CC2c2ccc(OC)cc2)CC1. The minimum atomic E-state index is -0.256. The Morgan fingerprint density at radius 2 is 1.88 bits per heavy atom. The normalized spacial score (nSPS) is 23.0. The summed E-state index contributed by atoms with van der Waals surface area (Å²) in [6.07, 6.45) is 2.21. The van der Waals surface area contributed by atoms with Gasteiger partial charge in [0.2, 0.25) is 5.91 Å². The van der Waals surface area contributed by atoms with Crippen LogP contribution in [0.3, 0.4) is 0 Å². The Kier molecular flexibility index (Phi) is 5.46. The molecule has 2 fully saturated rings. The van der Waals surface area contributed by atoms with Gasteiger partial charge in [-0.2, -0.15) is 0 Å². The second-order valence-electron chi connectivity index (χ2n) is 6.69. The zero-order valence-corrected chi connectivity index (χ0v) is 14.9. The summed E-state index contributed by atoms with van der Waals surface area (Å²) < 4.78 is 10.2. The molecule has 1 N–H and O–H groups in total. The molecule has 2 atom stereocenters. The van der Waals surface area contributed by atoms with Crippen molar-refractivity contribution < 1.29 is 19.1 Å². The van der Waals surface area contributed by atoms with Crippen LogP contribution >= 0.6 is 0 Å². The van der Waals surface area contributed by atoms with Crippen molar-refractivity contribution >= 4 is 12.0 Å². The van der Waals surface area contributed by atoms with Crippen LogP contribution in [0.4, 0.5) is 4.79 Å². The van der Waals surface area contributed by atoms with Crippen LogP contribution in [-0.2, 0) is 9.53 Å². The summed E-state index contributed by atoms with van der Waals surface area (Å²) in [5.74, 6) is 1.34. The average Bonchev–Trinajstić information content (AvgIpc) is 3.43. The maximum Gasteiger partial charge on any atom is 0.409 e. The molecule has 1 aromatic rings. The smallest absolute Gasteiger partial charge is 0.409 e. The van der Waals surface area contributed by atoms with Crippen LogP contribution in [0, 0.1) is 5.92 Å².